The van der Waals surface area contributed by atoms with E-state index >= 15 is 0 Å². The second kappa shape index (κ2) is 3.77. The Bertz CT molecular complexity index is 51.7. The Kier molecular flexibility index (Phi) is 3.55. The maximum absolute atomic E-state index is 9.74. The fourth-order valence-electron chi connectivity index (χ4n) is 0.202. The van der Waals surface area contributed by atoms with Crippen LogP contribution in [0.15, 0.2) is 0 Å². The van der Waals surface area contributed by atoms with Crippen molar-refractivity contribution in [3.8, 4) is 0 Å². The summed E-state index contributed by atoms with van der Waals surface area (Å²) >= 11 is 0. The quantitative estimate of drug-likeness (QED) is 0.439. The molecule has 0 bridgehead atoms. The summed E-state index contributed by atoms with van der Waals surface area (Å²) in [6.07, 6.45) is 0.667. The largest absolute Gasteiger partial charge is 0.394 e. The van der Waals surface area contributed by atoms with Crippen molar-refractivity contribution in [3.05, 3.63) is 0 Å². The van der Waals surface area contributed by atoms with Crippen molar-refractivity contribution < 1.29 is 9.90 Å². The van der Waals surface area contributed by atoms with Gasteiger partial charge in [0.15, 0.2) is 0 Å². The molecule has 0 fully saturated rings. The summed E-state index contributed by atoms with van der Waals surface area (Å²) in [4.78, 5) is 9.74. The van der Waals surface area contributed by atoms with Crippen molar-refractivity contribution in [3.63, 3.8) is 0 Å². The molecule has 0 radical (unpaired) electrons. The summed E-state index contributed by atoms with van der Waals surface area (Å²) in [7, 11) is 1.62. The van der Waals surface area contributed by atoms with Gasteiger partial charge in [0.2, 0.25) is 0 Å². The maximum Gasteiger partial charge on any atom is 0.139 e. The lowest BCUT2D eigenvalue weighted by molar-refractivity contribution is -0.110. The molecule has 0 spiro atoms. The number of aliphatic hydroxyl groups excluding tert-OH is 1. The van der Waals surface area contributed by atoms with Gasteiger partial charge in [0.25, 0.3) is 0 Å². The van der Waals surface area contributed by atoms with Crippen LogP contribution in [0.2, 0.25) is 0 Å². The van der Waals surface area contributed by atoms with E-state index in [0.29, 0.717) is 6.29 Å². The number of carbonyl (C=O) groups excluding carboxylic acids is 1. The van der Waals surface area contributed by atoms with Gasteiger partial charge in [0, 0.05) is 0 Å². The highest BCUT2D eigenvalue weighted by Gasteiger charge is 1.96. The van der Waals surface area contributed by atoms with Gasteiger partial charge < -0.3 is 15.2 Å². The van der Waals surface area contributed by atoms with Crippen LogP contribution in [0.1, 0.15) is 0 Å². The molecule has 3 nitrogen and oxygen atoms in total. The molecule has 0 heterocycles. The van der Waals surface area contributed by atoms with E-state index in [1.54, 1.807) is 7.05 Å². The Morgan fingerprint density at radius 1 is 2.00 bits per heavy atom. The fraction of sp³-hybridized carbons (Fsp3) is 0.750. The molecule has 0 saturated heterocycles. The smallest absolute Gasteiger partial charge is 0.139 e. The van der Waals surface area contributed by atoms with Crippen LogP contribution in [0, 0.1) is 0 Å². The molecule has 0 aromatic rings. The van der Waals surface area contributed by atoms with E-state index in [1.807, 2.05) is 0 Å². The number of likely N-dealkylation sites (N-methyl/N-ethyl adjacent to an activating group) is 1. The maximum atomic E-state index is 9.74. The molecule has 7 heavy (non-hydrogen) atoms. The third-order valence-electron chi connectivity index (χ3n) is 0.732. The summed E-state index contributed by atoms with van der Waals surface area (Å²) in [6, 6.07) is -0.389. The van der Waals surface area contributed by atoms with Crippen molar-refractivity contribution in [1.29, 1.82) is 0 Å². The number of nitrogens with one attached hydrogen (secondary N) is 1. The second-order valence-corrected chi connectivity index (χ2v) is 1.21. The van der Waals surface area contributed by atoms with Crippen molar-refractivity contribution in [2.75, 3.05) is 13.7 Å². The molecule has 0 aliphatic rings. The number of hydrogen-bond acceptors (Lipinski definition) is 3. The van der Waals surface area contributed by atoms with Gasteiger partial charge in [0.1, 0.15) is 6.29 Å². The molecule has 0 aliphatic heterocycles. The van der Waals surface area contributed by atoms with Crippen LogP contribution in [-0.2, 0) is 4.79 Å². The second-order valence-electron chi connectivity index (χ2n) is 1.21. The minimum absolute atomic E-state index is 0.125. The number of aliphatic hydroxyl groups is 1. The highest BCUT2D eigenvalue weighted by molar-refractivity contribution is 5.57. The van der Waals surface area contributed by atoms with E-state index in [2.05, 4.69) is 5.32 Å². The molecule has 0 saturated carbocycles. The summed E-state index contributed by atoms with van der Waals surface area (Å²) in [6.45, 7) is -0.125. The molecule has 0 aromatic carbocycles. The third-order valence-corrected chi connectivity index (χ3v) is 0.732. The standard InChI is InChI=1S/C4H9NO2/c1-5-4(2-6)3-7/h2,4-5,7H,3H2,1H3. The lowest BCUT2D eigenvalue weighted by atomic mass is 10.4. The Labute approximate surface area is 42.3 Å². The van der Waals surface area contributed by atoms with Gasteiger partial charge in [-0.25, -0.2) is 0 Å². The topological polar surface area (TPSA) is 49.3 Å². The van der Waals surface area contributed by atoms with E-state index in [4.69, 9.17) is 5.11 Å². The van der Waals surface area contributed by atoms with Crippen molar-refractivity contribution >= 4 is 6.29 Å². The zero-order valence-electron chi connectivity index (χ0n) is 4.22. The highest BCUT2D eigenvalue weighted by Crippen LogP contribution is 1.67. The third kappa shape index (κ3) is 2.31. The molecule has 0 rings (SSSR count). The van der Waals surface area contributed by atoms with E-state index in [1.165, 1.54) is 0 Å². The first-order valence-corrected chi connectivity index (χ1v) is 2.08. The predicted molar refractivity (Wildman–Crippen MR) is 26.0 cm³/mol. The van der Waals surface area contributed by atoms with E-state index < -0.39 is 0 Å². The molecule has 1 atom stereocenters. The monoisotopic (exact) mass is 103 g/mol. The number of carbonyl (C=O) groups is 1. The van der Waals surface area contributed by atoms with Crippen LogP contribution < -0.4 is 5.32 Å². The summed E-state index contributed by atoms with van der Waals surface area (Å²) in [5, 5.41) is 10.8. The minimum atomic E-state index is -0.389. The van der Waals surface area contributed by atoms with Crippen LogP contribution in [0.4, 0.5) is 0 Å². The zero-order valence-corrected chi connectivity index (χ0v) is 4.22. The van der Waals surface area contributed by atoms with Crippen LogP contribution >= 0.6 is 0 Å². The average molecular weight is 103 g/mol. The van der Waals surface area contributed by atoms with Crippen LogP contribution in [-0.4, -0.2) is 31.1 Å². The van der Waals surface area contributed by atoms with Crippen molar-refractivity contribution in [2.24, 2.45) is 0 Å². The highest BCUT2D eigenvalue weighted by atomic mass is 16.3. The first-order chi connectivity index (χ1) is 3.35. The zero-order chi connectivity index (χ0) is 5.70. The normalized spacial score (nSPS) is 13.4. The van der Waals surface area contributed by atoms with E-state index in [-0.39, 0.29) is 12.6 Å². The minimum Gasteiger partial charge on any atom is -0.394 e. The molecule has 1 unspecified atom stereocenters. The lowest BCUT2D eigenvalue weighted by Gasteiger charge is -2.00. The average Bonchev–Trinajstić information content (AvgIpc) is 1.72. The molecule has 0 aromatic heterocycles. The fourth-order valence-corrected chi connectivity index (χ4v) is 0.202. The van der Waals surface area contributed by atoms with Crippen LogP contribution in [0.25, 0.3) is 0 Å². The Balaban J connectivity index is 3.16. The SMILES string of the molecule is CNC(C=O)CO. The van der Waals surface area contributed by atoms with Gasteiger partial charge in [-0.05, 0) is 7.05 Å². The van der Waals surface area contributed by atoms with Crippen LogP contribution in [0.5, 0.6) is 0 Å². The molecular formula is C4H9NO2. The summed E-state index contributed by atoms with van der Waals surface area (Å²) in [5.41, 5.74) is 0. The van der Waals surface area contributed by atoms with Crippen LogP contribution in [0.3, 0.4) is 0 Å². The number of rotatable bonds is 3. The molecule has 3 heteroatoms. The molecule has 42 valence electrons. The van der Waals surface area contributed by atoms with E-state index in [0.717, 1.165) is 0 Å². The van der Waals surface area contributed by atoms with Gasteiger partial charge in [0.05, 0.1) is 12.6 Å². The van der Waals surface area contributed by atoms with Crippen molar-refractivity contribution in [1.82, 2.24) is 5.32 Å². The Morgan fingerprint density at radius 3 is 2.57 bits per heavy atom. The molecule has 0 aliphatic carbocycles. The first-order valence-electron chi connectivity index (χ1n) is 2.08. The van der Waals surface area contributed by atoms with Gasteiger partial charge in [-0.2, -0.15) is 0 Å². The molecular weight excluding hydrogens is 94.0 g/mol. The van der Waals surface area contributed by atoms with Gasteiger partial charge in [-0.3, -0.25) is 0 Å². The summed E-state index contributed by atoms with van der Waals surface area (Å²) in [5.74, 6) is 0. The van der Waals surface area contributed by atoms with Gasteiger partial charge in [-0.1, -0.05) is 0 Å². The number of aldehydes is 1. The Hall–Kier alpha value is -0.410. The first kappa shape index (κ1) is 6.59. The van der Waals surface area contributed by atoms with Gasteiger partial charge in [-0.15, -0.1) is 0 Å². The Morgan fingerprint density at radius 2 is 2.57 bits per heavy atom. The lowest BCUT2D eigenvalue weighted by Crippen LogP contribution is -2.29. The molecule has 2 N–H and O–H groups in total. The van der Waals surface area contributed by atoms with E-state index in [9.17, 15) is 4.79 Å². The summed E-state index contributed by atoms with van der Waals surface area (Å²) < 4.78 is 0. The van der Waals surface area contributed by atoms with Gasteiger partial charge >= 0.3 is 0 Å². The number of hydrogen-bond donors (Lipinski definition) is 2. The predicted octanol–water partition coefficient (Wildman–Crippen LogP) is -1.23. The molecule has 0 amide bonds. The van der Waals surface area contributed by atoms with Crippen molar-refractivity contribution in [2.45, 2.75) is 6.04 Å².